The van der Waals surface area contributed by atoms with Gasteiger partial charge in [0.1, 0.15) is 12.1 Å². The Bertz CT molecular complexity index is 762. The number of carbonyl (C=O) groups excluding carboxylic acids is 3. The van der Waals surface area contributed by atoms with E-state index in [1.54, 1.807) is 0 Å². The average molecular weight is 655 g/mol. The number of carbonyl (C=O) groups is 4. The summed E-state index contributed by atoms with van der Waals surface area (Å²) in [6.45, 7) is 3.46. The molecule has 0 aliphatic rings. The predicted molar refractivity (Wildman–Crippen MR) is 186 cm³/mol. The van der Waals surface area contributed by atoms with Gasteiger partial charge < -0.3 is 25.6 Å². The number of aliphatic carboxylic acids is 1. The lowest BCUT2D eigenvalue weighted by Crippen LogP contribution is -2.47. The summed E-state index contributed by atoms with van der Waals surface area (Å²) < 4.78 is 5.97. The van der Waals surface area contributed by atoms with E-state index in [-0.39, 0.29) is 24.5 Å². The predicted octanol–water partition coefficient (Wildman–Crippen LogP) is 8.15. The van der Waals surface area contributed by atoms with Crippen molar-refractivity contribution >= 4 is 23.8 Å². The highest BCUT2D eigenvalue weighted by molar-refractivity contribution is 5.87. The van der Waals surface area contributed by atoms with Crippen LogP contribution in [-0.2, 0) is 23.9 Å². The maximum absolute atomic E-state index is 12.6. The second-order valence-corrected chi connectivity index (χ2v) is 13.0. The SMILES string of the molecule is CCCCCCCCCCCC(=O)OC(CCCCCCCCCCC)CCCCCCCC(=O)NCC(=O)NC(CO)C(=O)O. The molecule has 0 radical (unpaired) electrons. The minimum absolute atomic E-state index is 0.000832. The van der Waals surface area contributed by atoms with Crippen molar-refractivity contribution in [1.82, 2.24) is 10.6 Å². The van der Waals surface area contributed by atoms with E-state index in [4.69, 9.17) is 14.9 Å². The summed E-state index contributed by atoms with van der Waals surface area (Å²) in [4.78, 5) is 47.3. The van der Waals surface area contributed by atoms with Crippen LogP contribution in [0, 0.1) is 0 Å². The van der Waals surface area contributed by atoms with Gasteiger partial charge in [-0.05, 0) is 38.5 Å². The van der Waals surface area contributed by atoms with Crippen molar-refractivity contribution in [3.63, 3.8) is 0 Å². The number of aliphatic hydroxyl groups is 1. The molecular weight excluding hydrogens is 584 g/mol. The number of hydrogen-bond acceptors (Lipinski definition) is 6. The number of hydrogen-bond donors (Lipinski definition) is 4. The van der Waals surface area contributed by atoms with Gasteiger partial charge in [-0.25, -0.2) is 4.79 Å². The fourth-order valence-corrected chi connectivity index (χ4v) is 5.66. The first-order valence-corrected chi connectivity index (χ1v) is 18.9. The van der Waals surface area contributed by atoms with Crippen molar-refractivity contribution in [1.29, 1.82) is 0 Å². The number of esters is 1. The normalized spacial score (nSPS) is 12.4. The first kappa shape index (κ1) is 43.8. The lowest BCUT2D eigenvalue weighted by molar-refractivity contribution is -0.150. The maximum Gasteiger partial charge on any atom is 0.328 e. The summed E-state index contributed by atoms with van der Waals surface area (Å²) in [7, 11) is 0. The first-order valence-electron chi connectivity index (χ1n) is 18.9. The molecule has 0 rings (SSSR count). The van der Waals surface area contributed by atoms with Gasteiger partial charge in [-0.3, -0.25) is 14.4 Å². The standard InChI is InChI=1S/C37H70N2O7/c1-3-5-7-9-11-13-15-18-22-26-32(46-36(43)29-25-21-16-14-12-10-8-6-4-2)27-23-19-17-20-24-28-34(41)38-30-35(42)39-33(31-40)37(44)45/h32-33,40H,3-31H2,1-2H3,(H,38,41)(H,39,42)(H,44,45). The minimum Gasteiger partial charge on any atom is -0.480 e. The van der Waals surface area contributed by atoms with Gasteiger partial charge in [0.15, 0.2) is 0 Å². The van der Waals surface area contributed by atoms with Gasteiger partial charge in [0.05, 0.1) is 13.2 Å². The molecule has 9 nitrogen and oxygen atoms in total. The molecule has 0 aromatic carbocycles. The van der Waals surface area contributed by atoms with E-state index in [0.717, 1.165) is 57.8 Å². The van der Waals surface area contributed by atoms with Gasteiger partial charge in [0, 0.05) is 12.8 Å². The van der Waals surface area contributed by atoms with Crippen molar-refractivity contribution in [2.75, 3.05) is 13.2 Å². The Kier molecular flexibility index (Phi) is 31.2. The van der Waals surface area contributed by atoms with Crippen molar-refractivity contribution in [3.8, 4) is 0 Å². The van der Waals surface area contributed by atoms with Crippen LogP contribution in [0.3, 0.4) is 0 Å². The van der Waals surface area contributed by atoms with Crippen molar-refractivity contribution < 1.29 is 34.1 Å². The van der Waals surface area contributed by atoms with E-state index < -0.39 is 24.5 Å². The van der Waals surface area contributed by atoms with E-state index in [1.807, 2.05) is 0 Å². The molecule has 0 fully saturated rings. The molecule has 0 aromatic rings. The largest absolute Gasteiger partial charge is 0.480 e. The van der Waals surface area contributed by atoms with E-state index in [1.165, 1.54) is 96.3 Å². The molecule has 0 spiro atoms. The number of amides is 2. The molecular formula is C37H70N2O7. The van der Waals surface area contributed by atoms with Gasteiger partial charge >= 0.3 is 11.9 Å². The number of ether oxygens (including phenoxy) is 1. The van der Waals surface area contributed by atoms with Crippen LogP contribution in [0.15, 0.2) is 0 Å². The molecule has 0 heterocycles. The quantitative estimate of drug-likeness (QED) is 0.0405. The molecule has 270 valence electrons. The minimum atomic E-state index is -1.38. The molecule has 9 heteroatoms. The zero-order valence-corrected chi connectivity index (χ0v) is 29.6. The number of carboxylic acid groups (broad SMARTS) is 1. The number of unbranched alkanes of at least 4 members (excludes halogenated alkanes) is 20. The van der Waals surface area contributed by atoms with Crippen LogP contribution in [0.25, 0.3) is 0 Å². The summed E-state index contributed by atoms with van der Waals surface area (Å²) in [5.41, 5.74) is 0. The van der Waals surface area contributed by atoms with E-state index in [2.05, 4.69) is 24.5 Å². The Labute approximate surface area is 280 Å². The Hall–Kier alpha value is -2.16. The third kappa shape index (κ3) is 29.3. The summed E-state index contributed by atoms with van der Waals surface area (Å²) in [5, 5.41) is 22.5. The molecule has 2 unspecified atom stereocenters. The van der Waals surface area contributed by atoms with Crippen molar-refractivity contribution in [3.05, 3.63) is 0 Å². The number of rotatable bonds is 34. The van der Waals surface area contributed by atoms with Gasteiger partial charge in [0.2, 0.25) is 11.8 Å². The molecule has 0 aliphatic carbocycles. The first-order chi connectivity index (χ1) is 22.3. The topological polar surface area (TPSA) is 142 Å². The summed E-state index contributed by atoms with van der Waals surface area (Å²) >= 11 is 0. The lowest BCUT2D eigenvalue weighted by atomic mass is 10.0. The molecule has 0 aromatic heterocycles. The molecule has 0 aliphatic heterocycles. The van der Waals surface area contributed by atoms with Gasteiger partial charge in [-0.1, -0.05) is 136 Å². The van der Waals surface area contributed by atoms with Gasteiger partial charge in [-0.15, -0.1) is 0 Å². The summed E-state index contributed by atoms with van der Waals surface area (Å²) in [6, 6.07) is -1.38. The van der Waals surface area contributed by atoms with Crippen LogP contribution < -0.4 is 10.6 Å². The number of nitrogens with one attached hydrogen (secondary N) is 2. The van der Waals surface area contributed by atoms with Crippen molar-refractivity contribution in [2.45, 2.75) is 199 Å². The maximum atomic E-state index is 12.6. The third-order valence-electron chi connectivity index (χ3n) is 8.60. The highest BCUT2D eigenvalue weighted by atomic mass is 16.5. The Balaban J connectivity index is 4.24. The zero-order valence-electron chi connectivity index (χ0n) is 29.6. The van der Waals surface area contributed by atoms with Crippen LogP contribution in [0.1, 0.15) is 187 Å². The molecule has 0 saturated heterocycles. The smallest absolute Gasteiger partial charge is 0.328 e. The van der Waals surface area contributed by atoms with E-state index >= 15 is 0 Å². The van der Waals surface area contributed by atoms with E-state index in [9.17, 15) is 19.2 Å². The Morgan fingerprint density at radius 3 is 1.41 bits per heavy atom. The molecule has 2 amide bonds. The fourth-order valence-electron chi connectivity index (χ4n) is 5.66. The van der Waals surface area contributed by atoms with Crippen LogP contribution in [0.2, 0.25) is 0 Å². The second kappa shape index (κ2) is 32.8. The number of carboxylic acids is 1. The average Bonchev–Trinajstić information content (AvgIpc) is 3.03. The molecule has 0 saturated carbocycles. The highest BCUT2D eigenvalue weighted by Crippen LogP contribution is 2.19. The van der Waals surface area contributed by atoms with Gasteiger partial charge in [-0.2, -0.15) is 0 Å². The molecule has 4 N–H and O–H groups in total. The zero-order chi connectivity index (χ0) is 34.1. The highest BCUT2D eigenvalue weighted by Gasteiger charge is 2.19. The molecule has 2 atom stereocenters. The molecule has 0 bridgehead atoms. The summed E-state index contributed by atoms with van der Waals surface area (Å²) in [6.07, 6.45) is 29.8. The second-order valence-electron chi connectivity index (χ2n) is 13.0. The fraction of sp³-hybridized carbons (Fsp3) is 0.892. The van der Waals surface area contributed by atoms with Crippen LogP contribution in [0.5, 0.6) is 0 Å². The van der Waals surface area contributed by atoms with Crippen LogP contribution in [0.4, 0.5) is 0 Å². The molecule has 46 heavy (non-hydrogen) atoms. The van der Waals surface area contributed by atoms with Crippen LogP contribution >= 0.6 is 0 Å². The third-order valence-corrected chi connectivity index (χ3v) is 8.60. The monoisotopic (exact) mass is 655 g/mol. The van der Waals surface area contributed by atoms with Crippen molar-refractivity contribution in [2.24, 2.45) is 0 Å². The Morgan fingerprint density at radius 1 is 0.565 bits per heavy atom. The van der Waals surface area contributed by atoms with Gasteiger partial charge in [0.25, 0.3) is 0 Å². The Morgan fingerprint density at radius 2 is 0.978 bits per heavy atom. The summed E-state index contributed by atoms with van der Waals surface area (Å²) in [5.74, 6) is -2.28. The van der Waals surface area contributed by atoms with Crippen LogP contribution in [-0.4, -0.2) is 59.3 Å². The number of aliphatic hydroxyl groups excluding tert-OH is 1. The lowest BCUT2D eigenvalue weighted by Gasteiger charge is -2.18. The van der Waals surface area contributed by atoms with E-state index in [0.29, 0.717) is 19.3 Å².